The fraction of sp³-hybridized carbons (Fsp3) is 0.700. The second kappa shape index (κ2) is 5.63. The van der Waals surface area contributed by atoms with Crippen LogP contribution in [0.4, 0.5) is 5.13 Å². The summed E-state index contributed by atoms with van der Waals surface area (Å²) >= 11 is 3.16. The van der Waals surface area contributed by atoms with E-state index in [0.717, 1.165) is 11.6 Å². The Hall–Kier alpha value is -0.620. The molecule has 0 aliphatic carbocycles. The average molecular weight is 257 g/mol. The van der Waals surface area contributed by atoms with Crippen molar-refractivity contribution in [1.29, 1.82) is 0 Å². The van der Waals surface area contributed by atoms with Gasteiger partial charge in [0.25, 0.3) is 0 Å². The number of carbonyl (C=O) groups excluding carboxylic acids is 1. The first-order chi connectivity index (χ1) is 7.83. The fourth-order valence-electron chi connectivity index (χ4n) is 1.76. The van der Waals surface area contributed by atoms with Gasteiger partial charge in [-0.1, -0.05) is 37.5 Å². The highest BCUT2D eigenvalue weighted by Gasteiger charge is 2.34. The highest BCUT2D eigenvalue weighted by atomic mass is 32.2. The molecule has 16 heavy (non-hydrogen) atoms. The zero-order valence-corrected chi connectivity index (χ0v) is 10.9. The van der Waals surface area contributed by atoms with Crippen LogP contribution in [0, 0.1) is 0 Å². The quantitative estimate of drug-likeness (QED) is 0.760. The average Bonchev–Trinajstić information content (AvgIpc) is 2.88. The Morgan fingerprint density at radius 1 is 1.56 bits per heavy atom. The van der Waals surface area contributed by atoms with Crippen molar-refractivity contribution in [3.8, 4) is 0 Å². The molecule has 1 saturated heterocycles. The first-order valence-corrected chi connectivity index (χ1v) is 7.45. The molecular weight excluding hydrogens is 242 g/mol. The lowest BCUT2D eigenvalue weighted by Crippen LogP contribution is -2.32. The molecule has 1 atom stereocenters. The third kappa shape index (κ3) is 2.55. The van der Waals surface area contributed by atoms with Crippen LogP contribution in [0.15, 0.2) is 5.51 Å². The smallest absolute Gasteiger partial charge is 0.239 e. The van der Waals surface area contributed by atoms with Crippen LogP contribution >= 0.6 is 23.1 Å². The minimum absolute atomic E-state index is 0.170. The largest absolute Gasteiger partial charge is 0.273 e. The summed E-state index contributed by atoms with van der Waals surface area (Å²) in [6.45, 7) is 2.19. The van der Waals surface area contributed by atoms with Crippen molar-refractivity contribution < 1.29 is 4.79 Å². The van der Waals surface area contributed by atoms with Crippen LogP contribution in [0.1, 0.15) is 32.6 Å². The van der Waals surface area contributed by atoms with Gasteiger partial charge in [-0.3, -0.25) is 9.69 Å². The van der Waals surface area contributed by atoms with E-state index < -0.39 is 0 Å². The van der Waals surface area contributed by atoms with Gasteiger partial charge in [-0.05, 0) is 6.42 Å². The molecule has 0 N–H and O–H groups in total. The van der Waals surface area contributed by atoms with E-state index in [4.69, 9.17) is 0 Å². The van der Waals surface area contributed by atoms with Crippen LogP contribution in [0.25, 0.3) is 0 Å². The molecule has 0 radical (unpaired) electrons. The maximum absolute atomic E-state index is 11.8. The number of nitrogens with zero attached hydrogens (tertiary/aromatic N) is 3. The SMILES string of the molecule is CCCCC[C@H]1SCC(=O)N1c1nncs1. The number of thioether (sulfide) groups is 1. The molecule has 0 spiro atoms. The monoisotopic (exact) mass is 257 g/mol. The Labute approximate surface area is 103 Å². The first kappa shape index (κ1) is 11.9. The standard InChI is InChI=1S/C10H15N3OS2/c1-2-3-4-5-9-13(8(14)6-15-9)10-12-11-7-16-10/h7,9H,2-6H2,1H3/t9-/m1/s1. The predicted molar refractivity (Wildman–Crippen MR) is 67.8 cm³/mol. The molecule has 0 bridgehead atoms. The van der Waals surface area contributed by atoms with Gasteiger partial charge in [0.15, 0.2) is 0 Å². The molecule has 0 unspecified atom stereocenters. The van der Waals surface area contributed by atoms with Gasteiger partial charge >= 0.3 is 0 Å². The molecule has 1 amide bonds. The minimum atomic E-state index is 0.170. The third-order valence-electron chi connectivity index (χ3n) is 2.57. The highest BCUT2D eigenvalue weighted by molar-refractivity contribution is 8.01. The summed E-state index contributed by atoms with van der Waals surface area (Å²) in [6, 6.07) is 0. The van der Waals surface area contributed by atoms with Crippen molar-refractivity contribution in [2.75, 3.05) is 10.7 Å². The van der Waals surface area contributed by atoms with Crippen molar-refractivity contribution in [2.24, 2.45) is 0 Å². The second-order valence-corrected chi connectivity index (χ2v) is 5.72. The van der Waals surface area contributed by atoms with E-state index in [9.17, 15) is 4.79 Å². The van der Waals surface area contributed by atoms with E-state index in [2.05, 4.69) is 17.1 Å². The summed E-state index contributed by atoms with van der Waals surface area (Å²) in [5.41, 5.74) is 1.68. The number of unbranched alkanes of at least 4 members (excludes halogenated alkanes) is 2. The van der Waals surface area contributed by atoms with Crippen LogP contribution in [0.2, 0.25) is 0 Å². The lowest BCUT2D eigenvalue weighted by atomic mass is 10.2. The van der Waals surface area contributed by atoms with E-state index >= 15 is 0 Å². The summed E-state index contributed by atoms with van der Waals surface area (Å²) in [6.07, 6.45) is 4.68. The normalized spacial score (nSPS) is 20.7. The molecule has 1 aromatic heterocycles. The minimum Gasteiger partial charge on any atom is -0.273 e. The first-order valence-electron chi connectivity index (χ1n) is 5.52. The maximum Gasteiger partial charge on any atom is 0.239 e. The molecular formula is C10H15N3OS2. The Bertz CT molecular complexity index is 342. The summed E-state index contributed by atoms with van der Waals surface area (Å²) in [4.78, 5) is 13.6. The van der Waals surface area contributed by atoms with Gasteiger partial charge in [-0.2, -0.15) is 0 Å². The number of hydrogen-bond donors (Lipinski definition) is 0. The van der Waals surface area contributed by atoms with Gasteiger partial charge in [-0.25, -0.2) is 0 Å². The van der Waals surface area contributed by atoms with Crippen molar-refractivity contribution in [3.63, 3.8) is 0 Å². The van der Waals surface area contributed by atoms with Crippen LogP contribution in [0.3, 0.4) is 0 Å². The maximum atomic E-state index is 11.8. The summed E-state index contributed by atoms with van der Waals surface area (Å²) in [7, 11) is 0. The lowest BCUT2D eigenvalue weighted by molar-refractivity contribution is -0.115. The molecule has 4 nitrogen and oxygen atoms in total. The van der Waals surface area contributed by atoms with Crippen LogP contribution in [-0.2, 0) is 4.79 Å². The van der Waals surface area contributed by atoms with Crippen LogP contribution in [0.5, 0.6) is 0 Å². The molecule has 0 aromatic carbocycles. The molecule has 88 valence electrons. The van der Waals surface area contributed by atoms with Gasteiger partial charge in [0, 0.05) is 0 Å². The summed E-state index contributed by atoms with van der Waals surface area (Å²) in [5.74, 6) is 0.749. The highest BCUT2D eigenvalue weighted by Crippen LogP contribution is 2.34. The zero-order valence-electron chi connectivity index (χ0n) is 9.26. The zero-order chi connectivity index (χ0) is 11.4. The van der Waals surface area contributed by atoms with E-state index in [-0.39, 0.29) is 11.3 Å². The summed E-state index contributed by atoms with van der Waals surface area (Å²) < 4.78 is 0. The van der Waals surface area contributed by atoms with Crippen molar-refractivity contribution in [3.05, 3.63) is 5.51 Å². The van der Waals surface area contributed by atoms with E-state index in [1.807, 2.05) is 4.90 Å². The molecule has 0 saturated carbocycles. The molecule has 1 aliphatic rings. The molecule has 2 rings (SSSR count). The number of amides is 1. The van der Waals surface area contributed by atoms with Gasteiger partial charge in [-0.15, -0.1) is 22.0 Å². The second-order valence-electron chi connectivity index (χ2n) is 3.75. The van der Waals surface area contributed by atoms with Crippen LogP contribution in [-0.4, -0.2) is 27.2 Å². The van der Waals surface area contributed by atoms with Crippen molar-refractivity contribution in [2.45, 2.75) is 38.0 Å². The van der Waals surface area contributed by atoms with E-state index in [1.165, 1.54) is 30.6 Å². The number of hydrogen-bond acceptors (Lipinski definition) is 5. The van der Waals surface area contributed by atoms with Gasteiger partial charge in [0.2, 0.25) is 11.0 Å². The predicted octanol–water partition coefficient (Wildman–Crippen LogP) is 2.52. The van der Waals surface area contributed by atoms with E-state index in [1.54, 1.807) is 17.3 Å². The molecule has 2 heterocycles. The number of rotatable bonds is 5. The van der Waals surface area contributed by atoms with Gasteiger partial charge in [0.05, 0.1) is 11.1 Å². The Morgan fingerprint density at radius 3 is 3.12 bits per heavy atom. The van der Waals surface area contributed by atoms with Gasteiger partial charge < -0.3 is 0 Å². The Balaban J connectivity index is 1.99. The van der Waals surface area contributed by atoms with Crippen molar-refractivity contribution >= 4 is 34.1 Å². The number of anilines is 1. The molecule has 6 heteroatoms. The number of carbonyl (C=O) groups is 1. The third-order valence-corrected chi connectivity index (χ3v) is 4.50. The Morgan fingerprint density at radius 2 is 2.44 bits per heavy atom. The molecule has 1 aliphatic heterocycles. The van der Waals surface area contributed by atoms with Crippen LogP contribution < -0.4 is 4.90 Å². The summed E-state index contributed by atoms with van der Waals surface area (Å²) in [5, 5.41) is 8.80. The van der Waals surface area contributed by atoms with Crippen molar-refractivity contribution in [1.82, 2.24) is 10.2 Å². The fourth-order valence-corrected chi connectivity index (χ4v) is 3.62. The topological polar surface area (TPSA) is 46.1 Å². The van der Waals surface area contributed by atoms with Gasteiger partial charge in [0.1, 0.15) is 5.51 Å². The lowest BCUT2D eigenvalue weighted by Gasteiger charge is -2.20. The Kier molecular flexibility index (Phi) is 4.17. The molecule has 1 fully saturated rings. The number of aromatic nitrogens is 2. The molecule has 1 aromatic rings. The van der Waals surface area contributed by atoms with E-state index in [0.29, 0.717) is 5.75 Å².